The van der Waals surface area contributed by atoms with Crippen molar-refractivity contribution < 1.29 is 9.18 Å². The minimum absolute atomic E-state index is 0.0666. The molecule has 0 amide bonds. The first-order chi connectivity index (χ1) is 11.9. The van der Waals surface area contributed by atoms with E-state index in [1.165, 1.54) is 29.1 Å². The fraction of sp³-hybridized carbons (Fsp3) is 0.222. The van der Waals surface area contributed by atoms with Crippen molar-refractivity contribution in [1.29, 1.82) is 0 Å². The maximum Gasteiger partial charge on any atom is 0.252 e. The van der Waals surface area contributed by atoms with Crippen molar-refractivity contribution in [2.45, 2.75) is 26.7 Å². The Kier molecular flexibility index (Phi) is 4.56. The molecule has 0 fully saturated rings. The quantitative estimate of drug-likeness (QED) is 0.724. The number of carbonyl (C=O) groups excluding carboxylic acids is 1. The van der Waals surface area contributed by atoms with Gasteiger partial charge in [-0.25, -0.2) is 14.1 Å². The highest BCUT2D eigenvalue weighted by Gasteiger charge is 2.16. The second-order valence-corrected chi connectivity index (χ2v) is 5.82. The molecule has 25 heavy (non-hydrogen) atoms. The summed E-state index contributed by atoms with van der Waals surface area (Å²) in [5, 5.41) is 4.17. The van der Waals surface area contributed by atoms with Crippen LogP contribution < -0.4 is 5.56 Å². The van der Waals surface area contributed by atoms with E-state index in [2.05, 4.69) is 15.1 Å². The number of aromatic nitrogens is 4. The molecule has 0 saturated carbocycles. The predicted octanol–water partition coefficient (Wildman–Crippen LogP) is 2.53. The third kappa shape index (κ3) is 3.71. The molecule has 2 heterocycles. The Morgan fingerprint density at radius 3 is 2.64 bits per heavy atom. The lowest BCUT2D eigenvalue weighted by Gasteiger charge is -2.05. The molecule has 0 saturated heterocycles. The Labute approximate surface area is 143 Å². The van der Waals surface area contributed by atoms with E-state index in [0.29, 0.717) is 23.4 Å². The number of carbonyl (C=O) groups is 1. The van der Waals surface area contributed by atoms with E-state index in [4.69, 9.17) is 0 Å². The van der Waals surface area contributed by atoms with E-state index in [1.54, 1.807) is 26.0 Å². The van der Waals surface area contributed by atoms with Gasteiger partial charge in [0.1, 0.15) is 5.82 Å². The topological polar surface area (TPSA) is 80.6 Å². The molecule has 7 heteroatoms. The largest absolute Gasteiger partial charge is 0.294 e. The average Bonchev–Trinajstić information content (AvgIpc) is 2.95. The zero-order valence-electron chi connectivity index (χ0n) is 13.9. The zero-order valence-corrected chi connectivity index (χ0v) is 13.9. The van der Waals surface area contributed by atoms with E-state index in [0.717, 1.165) is 5.56 Å². The molecule has 2 aromatic heterocycles. The molecule has 0 radical (unpaired) electrons. The number of rotatable bonds is 5. The SMILES string of the molecule is Cc1cc(=O)[nH]c(-n2ncc(C(=O)CCc3ccc(F)cc3)c2C)n1. The summed E-state index contributed by atoms with van der Waals surface area (Å²) in [5.41, 5.74) is 2.27. The molecule has 0 bridgehead atoms. The van der Waals surface area contributed by atoms with E-state index in [1.807, 2.05) is 0 Å². The summed E-state index contributed by atoms with van der Waals surface area (Å²) in [6.07, 6.45) is 2.28. The molecule has 3 aromatic rings. The van der Waals surface area contributed by atoms with Crippen molar-refractivity contribution >= 4 is 5.78 Å². The van der Waals surface area contributed by atoms with Gasteiger partial charge < -0.3 is 0 Å². The number of ketones is 1. The molecule has 0 aliphatic rings. The Morgan fingerprint density at radius 1 is 1.24 bits per heavy atom. The number of benzene rings is 1. The Hall–Kier alpha value is -3.09. The van der Waals surface area contributed by atoms with Crippen LogP contribution in [0, 0.1) is 19.7 Å². The van der Waals surface area contributed by atoms with Gasteiger partial charge in [0.05, 0.1) is 17.5 Å². The molecule has 0 spiro atoms. The first-order valence-corrected chi connectivity index (χ1v) is 7.84. The van der Waals surface area contributed by atoms with Gasteiger partial charge in [-0.05, 0) is 38.0 Å². The Bertz CT molecular complexity index is 973. The van der Waals surface area contributed by atoms with E-state index in [9.17, 15) is 14.0 Å². The number of aromatic amines is 1. The second kappa shape index (κ2) is 6.80. The molecule has 0 atom stereocenters. The molecule has 6 nitrogen and oxygen atoms in total. The number of nitrogens with one attached hydrogen (secondary N) is 1. The molecular weight excluding hydrogens is 323 g/mol. The first kappa shape index (κ1) is 16.8. The number of aryl methyl sites for hydroxylation is 2. The van der Waals surface area contributed by atoms with Crippen molar-refractivity contribution in [2.24, 2.45) is 0 Å². The van der Waals surface area contributed by atoms with Gasteiger partial charge in [0.2, 0.25) is 5.95 Å². The van der Waals surface area contributed by atoms with Gasteiger partial charge in [0, 0.05) is 18.2 Å². The van der Waals surface area contributed by atoms with Crippen molar-refractivity contribution in [2.75, 3.05) is 0 Å². The van der Waals surface area contributed by atoms with Gasteiger partial charge in [-0.2, -0.15) is 5.10 Å². The third-order valence-corrected chi connectivity index (χ3v) is 3.92. The fourth-order valence-corrected chi connectivity index (χ4v) is 2.60. The highest BCUT2D eigenvalue weighted by atomic mass is 19.1. The standard InChI is InChI=1S/C18H17FN4O2/c1-11-9-17(25)22-18(21-11)23-12(2)15(10-20-23)16(24)8-5-13-3-6-14(19)7-4-13/h3-4,6-7,9-10H,5,8H2,1-2H3,(H,21,22,25). The van der Waals surface area contributed by atoms with E-state index < -0.39 is 0 Å². The molecule has 0 aliphatic carbocycles. The summed E-state index contributed by atoms with van der Waals surface area (Å²) in [4.78, 5) is 30.9. The van der Waals surface area contributed by atoms with Gasteiger partial charge in [-0.1, -0.05) is 12.1 Å². The van der Waals surface area contributed by atoms with E-state index >= 15 is 0 Å². The van der Waals surface area contributed by atoms with Gasteiger partial charge in [0.25, 0.3) is 5.56 Å². The van der Waals surface area contributed by atoms with E-state index in [-0.39, 0.29) is 29.5 Å². The zero-order chi connectivity index (χ0) is 18.0. The van der Waals surface area contributed by atoms with Gasteiger partial charge in [0.15, 0.2) is 5.78 Å². The van der Waals surface area contributed by atoms with Crippen LogP contribution in [0.25, 0.3) is 5.95 Å². The van der Waals surface area contributed by atoms with Crippen LogP contribution in [0.4, 0.5) is 4.39 Å². The lowest BCUT2D eigenvalue weighted by Crippen LogP contribution is -2.15. The summed E-state index contributed by atoms with van der Waals surface area (Å²) >= 11 is 0. The van der Waals surface area contributed by atoms with Crippen LogP contribution in [0.3, 0.4) is 0 Å². The van der Waals surface area contributed by atoms with Crippen LogP contribution in [0.15, 0.2) is 41.3 Å². The Morgan fingerprint density at radius 2 is 1.96 bits per heavy atom. The molecule has 0 aliphatic heterocycles. The maximum absolute atomic E-state index is 12.9. The number of halogens is 1. The summed E-state index contributed by atoms with van der Waals surface area (Å²) < 4.78 is 14.4. The highest BCUT2D eigenvalue weighted by Crippen LogP contribution is 2.15. The van der Waals surface area contributed by atoms with Gasteiger partial charge in [-0.3, -0.25) is 14.6 Å². The smallest absolute Gasteiger partial charge is 0.252 e. The Balaban J connectivity index is 1.79. The monoisotopic (exact) mass is 340 g/mol. The maximum atomic E-state index is 12.9. The molecule has 3 rings (SSSR count). The average molecular weight is 340 g/mol. The fourth-order valence-electron chi connectivity index (χ4n) is 2.60. The van der Waals surface area contributed by atoms with Crippen molar-refractivity contribution in [1.82, 2.24) is 19.7 Å². The molecular formula is C18H17FN4O2. The van der Waals surface area contributed by atoms with Crippen LogP contribution in [-0.2, 0) is 6.42 Å². The minimum atomic E-state index is -0.299. The third-order valence-electron chi connectivity index (χ3n) is 3.92. The second-order valence-electron chi connectivity index (χ2n) is 5.82. The van der Waals surface area contributed by atoms with Crippen molar-refractivity contribution in [3.05, 3.63) is 75.2 Å². The number of H-pyrrole nitrogens is 1. The molecule has 1 N–H and O–H groups in total. The van der Waals surface area contributed by atoms with Gasteiger partial charge >= 0.3 is 0 Å². The highest BCUT2D eigenvalue weighted by molar-refractivity contribution is 5.97. The number of hydrogen-bond donors (Lipinski definition) is 1. The summed E-state index contributed by atoms with van der Waals surface area (Å²) in [6, 6.07) is 7.48. The van der Waals surface area contributed by atoms with Crippen LogP contribution in [-0.4, -0.2) is 25.5 Å². The van der Waals surface area contributed by atoms with Crippen LogP contribution in [0.1, 0.15) is 33.7 Å². The van der Waals surface area contributed by atoms with Crippen LogP contribution in [0.2, 0.25) is 0 Å². The summed E-state index contributed by atoms with van der Waals surface area (Å²) in [5.74, 6) is -0.0880. The molecule has 128 valence electrons. The van der Waals surface area contributed by atoms with Crippen molar-refractivity contribution in [3.8, 4) is 5.95 Å². The number of Topliss-reactive ketones (excluding diaryl/α,β-unsaturated/α-hetero) is 1. The minimum Gasteiger partial charge on any atom is -0.294 e. The molecule has 1 aromatic carbocycles. The van der Waals surface area contributed by atoms with Crippen LogP contribution in [0.5, 0.6) is 0 Å². The number of nitrogens with zero attached hydrogens (tertiary/aromatic N) is 3. The summed E-state index contributed by atoms with van der Waals surface area (Å²) in [7, 11) is 0. The van der Waals surface area contributed by atoms with Crippen molar-refractivity contribution in [3.63, 3.8) is 0 Å². The lowest BCUT2D eigenvalue weighted by molar-refractivity contribution is 0.0982. The lowest BCUT2D eigenvalue weighted by atomic mass is 10.0. The molecule has 0 unspecified atom stereocenters. The first-order valence-electron chi connectivity index (χ1n) is 7.84. The van der Waals surface area contributed by atoms with Gasteiger partial charge in [-0.15, -0.1) is 0 Å². The predicted molar refractivity (Wildman–Crippen MR) is 90.5 cm³/mol. The normalized spacial score (nSPS) is 10.8. The summed E-state index contributed by atoms with van der Waals surface area (Å²) in [6.45, 7) is 3.47. The van der Waals surface area contributed by atoms with Crippen LogP contribution >= 0.6 is 0 Å². The number of hydrogen-bond acceptors (Lipinski definition) is 4.